The molecule has 0 amide bonds. The van der Waals surface area contributed by atoms with Gasteiger partial charge in [-0.25, -0.2) is 4.98 Å². The van der Waals surface area contributed by atoms with Gasteiger partial charge in [0.1, 0.15) is 0 Å². The van der Waals surface area contributed by atoms with Crippen LogP contribution < -0.4 is 5.56 Å². The second-order valence-electron chi connectivity index (χ2n) is 7.23. The van der Waals surface area contributed by atoms with Crippen molar-refractivity contribution in [3.8, 4) is 11.5 Å². The first-order chi connectivity index (χ1) is 15.1. The molecule has 5 rings (SSSR count). The predicted octanol–water partition coefficient (Wildman–Crippen LogP) is 5.47. The zero-order valence-electron chi connectivity index (χ0n) is 17.1. The average Bonchev–Trinajstić information content (AvgIpc) is 3.30. The maximum absolute atomic E-state index is 13.2. The molecule has 154 valence electrons. The van der Waals surface area contributed by atoms with Gasteiger partial charge in [0.05, 0.1) is 16.2 Å². The maximum Gasteiger partial charge on any atom is 0.262 e. The topological polar surface area (TPSA) is 73.8 Å². The summed E-state index contributed by atoms with van der Waals surface area (Å²) in [6.07, 6.45) is 0. The molecule has 0 saturated carbocycles. The van der Waals surface area contributed by atoms with Crippen LogP contribution in [0.4, 0.5) is 0 Å². The smallest absolute Gasteiger partial charge is 0.262 e. The fraction of sp³-hybridized carbons (Fsp3) is 0.167. The summed E-state index contributed by atoms with van der Waals surface area (Å²) in [6, 6.07) is 21.6. The zero-order valence-corrected chi connectivity index (χ0v) is 18.0. The average molecular weight is 429 g/mol. The van der Waals surface area contributed by atoms with Crippen molar-refractivity contribution in [1.82, 2.24) is 19.7 Å². The number of fused-ring (bicyclic) bond motifs is 2. The van der Waals surface area contributed by atoms with Gasteiger partial charge in [0.25, 0.3) is 5.56 Å². The van der Waals surface area contributed by atoms with E-state index in [0.717, 1.165) is 16.3 Å². The van der Waals surface area contributed by atoms with Gasteiger partial charge in [-0.15, -0.1) is 10.2 Å². The van der Waals surface area contributed by atoms with E-state index in [2.05, 4.69) is 10.2 Å². The first-order valence-electron chi connectivity index (χ1n) is 10.1. The molecule has 1 atom stereocenters. The maximum atomic E-state index is 13.2. The van der Waals surface area contributed by atoms with Crippen LogP contribution in [0.3, 0.4) is 0 Å². The van der Waals surface area contributed by atoms with Crippen molar-refractivity contribution in [2.45, 2.75) is 30.8 Å². The lowest BCUT2D eigenvalue weighted by atomic mass is 10.1. The SMILES string of the molecule is CCn1c(SC(C)c2nnc(-c3ccccc3)o2)nc2cc3ccccc3cc2c1=O. The molecular formula is C24H20N4O2S. The summed E-state index contributed by atoms with van der Waals surface area (Å²) in [7, 11) is 0. The molecule has 0 N–H and O–H groups in total. The zero-order chi connectivity index (χ0) is 21.4. The van der Waals surface area contributed by atoms with Crippen molar-refractivity contribution >= 4 is 33.4 Å². The van der Waals surface area contributed by atoms with Crippen LogP contribution in [0.1, 0.15) is 25.0 Å². The standard InChI is InChI=1S/C24H20N4O2S/c1-3-28-23(29)19-13-17-11-7-8-12-18(17)14-20(19)25-24(28)31-15(2)21-26-27-22(30-21)16-9-5-4-6-10-16/h4-15H,3H2,1-2H3. The van der Waals surface area contributed by atoms with Crippen LogP contribution in [0.25, 0.3) is 33.1 Å². The minimum Gasteiger partial charge on any atom is -0.419 e. The highest BCUT2D eigenvalue weighted by Crippen LogP contribution is 2.34. The van der Waals surface area contributed by atoms with Gasteiger partial charge in [-0.3, -0.25) is 9.36 Å². The minimum atomic E-state index is -0.160. The van der Waals surface area contributed by atoms with Gasteiger partial charge in [0.15, 0.2) is 5.16 Å². The molecule has 0 spiro atoms. The number of benzene rings is 3. The Kier molecular flexibility index (Phi) is 5.03. The van der Waals surface area contributed by atoms with Crippen molar-refractivity contribution < 1.29 is 4.42 Å². The van der Waals surface area contributed by atoms with Crippen LogP contribution in [0.2, 0.25) is 0 Å². The van der Waals surface area contributed by atoms with E-state index in [9.17, 15) is 4.79 Å². The first-order valence-corrected chi connectivity index (χ1v) is 11.0. The summed E-state index contributed by atoms with van der Waals surface area (Å²) in [5, 5.41) is 11.6. The van der Waals surface area contributed by atoms with Crippen molar-refractivity contribution in [3.05, 3.63) is 83.0 Å². The predicted molar refractivity (Wildman–Crippen MR) is 123 cm³/mol. The monoisotopic (exact) mass is 428 g/mol. The molecular weight excluding hydrogens is 408 g/mol. The summed E-state index contributed by atoms with van der Waals surface area (Å²) in [4.78, 5) is 18.0. The summed E-state index contributed by atoms with van der Waals surface area (Å²) in [5.41, 5.74) is 1.53. The van der Waals surface area contributed by atoms with Crippen molar-refractivity contribution in [2.24, 2.45) is 0 Å². The third-order valence-corrected chi connectivity index (χ3v) is 6.27. The number of thioether (sulfide) groups is 1. The third kappa shape index (κ3) is 3.61. The highest BCUT2D eigenvalue weighted by atomic mass is 32.2. The molecule has 0 aliphatic rings. The Bertz CT molecular complexity index is 1440. The van der Waals surface area contributed by atoms with Crippen molar-refractivity contribution in [2.75, 3.05) is 0 Å². The van der Waals surface area contributed by atoms with E-state index in [1.54, 1.807) is 4.57 Å². The number of hydrogen-bond acceptors (Lipinski definition) is 6. The van der Waals surface area contributed by atoms with E-state index in [1.807, 2.05) is 80.6 Å². The number of aromatic nitrogens is 4. The van der Waals surface area contributed by atoms with E-state index in [-0.39, 0.29) is 10.8 Å². The second-order valence-corrected chi connectivity index (χ2v) is 8.54. The fourth-order valence-electron chi connectivity index (χ4n) is 3.56. The Hall–Kier alpha value is -3.45. The van der Waals surface area contributed by atoms with Gasteiger partial charge >= 0.3 is 0 Å². The second kappa shape index (κ2) is 8.00. The van der Waals surface area contributed by atoms with Gasteiger partial charge in [0, 0.05) is 12.1 Å². The Balaban J connectivity index is 1.53. The first kappa shape index (κ1) is 19.5. The van der Waals surface area contributed by atoms with E-state index < -0.39 is 0 Å². The van der Waals surface area contributed by atoms with Crippen LogP contribution in [-0.2, 0) is 6.54 Å². The van der Waals surface area contributed by atoms with Crippen LogP contribution in [0.15, 0.2) is 81.1 Å². The summed E-state index contributed by atoms with van der Waals surface area (Å²) in [5.74, 6) is 0.980. The van der Waals surface area contributed by atoms with Gasteiger partial charge in [0.2, 0.25) is 11.8 Å². The lowest BCUT2D eigenvalue weighted by Gasteiger charge is -2.13. The van der Waals surface area contributed by atoms with E-state index >= 15 is 0 Å². The highest BCUT2D eigenvalue weighted by molar-refractivity contribution is 7.99. The quantitative estimate of drug-likeness (QED) is 0.210. The molecule has 0 radical (unpaired) electrons. The molecule has 1 unspecified atom stereocenters. The summed E-state index contributed by atoms with van der Waals surface area (Å²) in [6.45, 7) is 4.46. The van der Waals surface area contributed by atoms with Crippen LogP contribution in [-0.4, -0.2) is 19.7 Å². The fourth-order valence-corrected chi connectivity index (χ4v) is 4.56. The minimum absolute atomic E-state index is 0.0385. The highest BCUT2D eigenvalue weighted by Gasteiger charge is 2.20. The van der Waals surface area contributed by atoms with Gasteiger partial charge < -0.3 is 4.42 Å². The molecule has 6 nitrogen and oxygen atoms in total. The molecule has 7 heteroatoms. The van der Waals surface area contributed by atoms with E-state index in [0.29, 0.717) is 34.4 Å². The molecule has 0 saturated heterocycles. The van der Waals surface area contributed by atoms with Crippen molar-refractivity contribution in [3.63, 3.8) is 0 Å². The Labute approximate surface area is 183 Å². The van der Waals surface area contributed by atoms with E-state index in [1.165, 1.54) is 11.8 Å². The van der Waals surface area contributed by atoms with E-state index in [4.69, 9.17) is 9.40 Å². The number of rotatable bonds is 5. The molecule has 0 fully saturated rings. The Morgan fingerprint density at radius 2 is 1.71 bits per heavy atom. The number of hydrogen-bond donors (Lipinski definition) is 0. The molecule has 0 bridgehead atoms. The number of nitrogens with zero attached hydrogens (tertiary/aromatic N) is 4. The summed E-state index contributed by atoms with van der Waals surface area (Å²) >= 11 is 1.45. The molecule has 3 aromatic carbocycles. The van der Waals surface area contributed by atoms with Crippen LogP contribution in [0, 0.1) is 0 Å². The lowest BCUT2D eigenvalue weighted by molar-refractivity contribution is 0.508. The van der Waals surface area contributed by atoms with Gasteiger partial charge in [-0.05, 0) is 48.9 Å². The molecule has 2 aromatic heterocycles. The normalized spacial score (nSPS) is 12.5. The Morgan fingerprint density at radius 1 is 1.00 bits per heavy atom. The van der Waals surface area contributed by atoms with Gasteiger partial charge in [-0.1, -0.05) is 54.2 Å². The molecule has 0 aliphatic heterocycles. The summed E-state index contributed by atoms with van der Waals surface area (Å²) < 4.78 is 7.60. The van der Waals surface area contributed by atoms with Gasteiger partial charge in [-0.2, -0.15) is 0 Å². The van der Waals surface area contributed by atoms with Crippen LogP contribution in [0.5, 0.6) is 0 Å². The van der Waals surface area contributed by atoms with Crippen molar-refractivity contribution in [1.29, 1.82) is 0 Å². The van der Waals surface area contributed by atoms with Crippen LogP contribution >= 0.6 is 11.8 Å². The molecule has 2 heterocycles. The Morgan fingerprint density at radius 3 is 2.45 bits per heavy atom. The largest absolute Gasteiger partial charge is 0.419 e. The molecule has 0 aliphatic carbocycles. The third-order valence-electron chi connectivity index (χ3n) is 5.19. The molecule has 31 heavy (non-hydrogen) atoms. The lowest BCUT2D eigenvalue weighted by Crippen LogP contribution is -2.22. The molecule has 5 aromatic rings.